The van der Waals surface area contributed by atoms with Crippen molar-refractivity contribution >= 4 is 5.91 Å². The van der Waals surface area contributed by atoms with Gasteiger partial charge in [0.15, 0.2) is 0 Å². The van der Waals surface area contributed by atoms with Crippen LogP contribution in [0, 0.1) is 23.2 Å². The second kappa shape index (κ2) is 6.11. The summed E-state index contributed by atoms with van der Waals surface area (Å²) in [5.41, 5.74) is 1.53. The van der Waals surface area contributed by atoms with E-state index in [2.05, 4.69) is 31.0 Å². The van der Waals surface area contributed by atoms with Crippen molar-refractivity contribution in [3.05, 3.63) is 35.4 Å². The average Bonchev–Trinajstić information content (AvgIpc) is 3.24. The van der Waals surface area contributed by atoms with E-state index in [1.54, 1.807) is 12.1 Å². The Bertz CT molecular complexity index is 548. The molecule has 0 heterocycles. The molecule has 2 rings (SSSR count). The molecule has 0 unspecified atom stereocenters. The minimum absolute atomic E-state index is 0.0836. The third kappa shape index (κ3) is 3.20. The molecule has 0 aromatic heterocycles. The van der Waals surface area contributed by atoms with Gasteiger partial charge in [0.1, 0.15) is 6.61 Å². The highest BCUT2D eigenvalue weighted by Crippen LogP contribution is 2.51. The summed E-state index contributed by atoms with van der Waals surface area (Å²) in [6, 6.07) is 7.24. The van der Waals surface area contributed by atoms with Crippen molar-refractivity contribution in [2.45, 2.75) is 26.7 Å². The van der Waals surface area contributed by atoms with Crippen LogP contribution in [0.1, 0.15) is 42.6 Å². The van der Waals surface area contributed by atoms with E-state index in [0.717, 1.165) is 6.54 Å². The quantitative estimate of drug-likeness (QED) is 0.825. The van der Waals surface area contributed by atoms with E-state index >= 15 is 0 Å². The number of hydrogen-bond donors (Lipinski definition) is 2. The standard InChI is InChI=1S/C17H21NO2/c1-13(2)17(9-10-17)12-18-16(20)15-8-4-3-6-14(15)7-5-11-19/h3-4,6,8,13,19H,9-12H2,1-2H3,(H,18,20). The molecule has 0 atom stereocenters. The van der Waals surface area contributed by atoms with Crippen LogP contribution in [0.15, 0.2) is 24.3 Å². The smallest absolute Gasteiger partial charge is 0.252 e. The zero-order valence-electron chi connectivity index (χ0n) is 12.1. The molecule has 0 saturated heterocycles. The van der Waals surface area contributed by atoms with E-state index in [0.29, 0.717) is 22.5 Å². The number of benzene rings is 1. The lowest BCUT2D eigenvalue weighted by Crippen LogP contribution is -2.33. The van der Waals surface area contributed by atoms with E-state index < -0.39 is 0 Å². The third-order valence-electron chi connectivity index (χ3n) is 4.19. The molecule has 1 aromatic rings. The van der Waals surface area contributed by atoms with Crippen LogP contribution in [0.3, 0.4) is 0 Å². The Balaban J connectivity index is 2.06. The Hall–Kier alpha value is -1.79. The molecule has 1 saturated carbocycles. The summed E-state index contributed by atoms with van der Waals surface area (Å²) in [6.07, 6.45) is 2.38. The first-order valence-electron chi connectivity index (χ1n) is 7.06. The van der Waals surface area contributed by atoms with Gasteiger partial charge in [-0.25, -0.2) is 0 Å². The van der Waals surface area contributed by atoms with Gasteiger partial charge >= 0.3 is 0 Å². The summed E-state index contributed by atoms with van der Waals surface area (Å²) < 4.78 is 0. The predicted octanol–water partition coefficient (Wildman–Crippen LogP) is 2.20. The number of carbonyl (C=O) groups is 1. The normalized spacial score (nSPS) is 15.4. The third-order valence-corrected chi connectivity index (χ3v) is 4.19. The Kier molecular flexibility index (Phi) is 4.46. The molecule has 0 radical (unpaired) electrons. The molecule has 2 N–H and O–H groups in total. The lowest BCUT2D eigenvalue weighted by molar-refractivity contribution is 0.0939. The van der Waals surface area contributed by atoms with Gasteiger partial charge in [0.25, 0.3) is 5.91 Å². The van der Waals surface area contributed by atoms with Crippen LogP contribution >= 0.6 is 0 Å². The second-order valence-electron chi connectivity index (χ2n) is 5.71. The summed E-state index contributed by atoms with van der Waals surface area (Å²) >= 11 is 0. The SMILES string of the molecule is CC(C)C1(CNC(=O)c2ccccc2C#CCO)CC1. The van der Waals surface area contributed by atoms with Crippen LogP contribution in [0.4, 0.5) is 0 Å². The minimum atomic E-state index is -0.202. The Morgan fingerprint density at radius 3 is 2.70 bits per heavy atom. The highest BCUT2D eigenvalue weighted by molar-refractivity contribution is 5.96. The molecule has 106 valence electrons. The summed E-state index contributed by atoms with van der Waals surface area (Å²) in [7, 11) is 0. The fraction of sp³-hybridized carbons (Fsp3) is 0.471. The van der Waals surface area contributed by atoms with Crippen molar-refractivity contribution in [2.75, 3.05) is 13.2 Å². The van der Waals surface area contributed by atoms with Crippen LogP contribution in [-0.4, -0.2) is 24.2 Å². The van der Waals surface area contributed by atoms with Gasteiger partial charge in [-0.2, -0.15) is 0 Å². The molecule has 3 heteroatoms. The van der Waals surface area contributed by atoms with Crippen molar-refractivity contribution in [2.24, 2.45) is 11.3 Å². The first-order valence-corrected chi connectivity index (χ1v) is 7.06. The summed E-state index contributed by atoms with van der Waals surface area (Å²) in [6.45, 7) is 4.94. The first kappa shape index (κ1) is 14.6. The van der Waals surface area contributed by atoms with Crippen molar-refractivity contribution < 1.29 is 9.90 Å². The number of aliphatic hydroxyl groups is 1. The van der Waals surface area contributed by atoms with E-state index in [9.17, 15) is 4.79 Å². The van der Waals surface area contributed by atoms with Gasteiger partial charge in [0, 0.05) is 12.1 Å². The zero-order valence-corrected chi connectivity index (χ0v) is 12.1. The lowest BCUT2D eigenvalue weighted by Gasteiger charge is -2.20. The molecule has 1 fully saturated rings. The highest BCUT2D eigenvalue weighted by Gasteiger charge is 2.45. The second-order valence-corrected chi connectivity index (χ2v) is 5.71. The molecule has 1 aromatic carbocycles. The monoisotopic (exact) mass is 271 g/mol. The molecule has 0 bridgehead atoms. The van der Waals surface area contributed by atoms with Crippen molar-refractivity contribution in [3.8, 4) is 11.8 Å². The van der Waals surface area contributed by atoms with Gasteiger partial charge in [-0.15, -0.1) is 0 Å². The Morgan fingerprint density at radius 1 is 1.40 bits per heavy atom. The topological polar surface area (TPSA) is 49.3 Å². The number of hydrogen-bond acceptors (Lipinski definition) is 2. The van der Waals surface area contributed by atoms with E-state index in [4.69, 9.17) is 5.11 Å². The number of carbonyl (C=O) groups excluding carboxylic acids is 1. The van der Waals surface area contributed by atoms with Crippen LogP contribution < -0.4 is 5.32 Å². The lowest BCUT2D eigenvalue weighted by atomic mass is 9.92. The van der Waals surface area contributed by atoms with Gasteiger partial charge in [-0.05, 0) is 36.3 Å². The number of rotatable bonds is 4. The maximum Gasteiger partial charge on any atom is 0.252 e. The number of amides is 1. The maximum absolute atomic E-state index is 12.3. The average molecular weight is 271 g/mol. The first-order chi connectivity index (χ1) is 9.59. The van der Waals surface area contributed by atoms with Crippen molar-refractivity contribution in [1.29, 1.82) is 0 Å². The fourth-order valence-electron chi connectivity index (χ4n) is 2.40. The fourth-order valence-corrected chi connectivity index (χ4v) is 2.40. The summed E-state index contributed by atoms with van der Waals surface area (Å²) in [5.74, 6) is 5.91. The molecule has 1 aliphatic rings. The van der Waals surface area contributed by atoms with Crippen molar-refractivity contribution in [3.63, 3.8) is 0 Å². The molecule has 20 heavy (non-hydrogen) atoms. The Morgan fingerprint density at radius 2 is 2.10 bits per heavy atom. The molecule has 1 aliphatic carbocycles. The van der Waals surface area contributed by atoms with Crippen LogP contribution in [0.5, 0.6) is 0 Å². The molecular formula is C17H21NO2. The zero-order chi connectivity index (χ0) is 14.6. The van der Waals surface area contributed by atoms with Gasteiger partial charge in [-0.1, -0.05) is 37.8 Å². The van der Waals surface area contributed by atoms with Gasteiger partial charge in [0.2, 0.25) is 0 Å². The molecule has 0 aliphatic heterocycles. The highest BCUT2D eigenvalue weighted by atomic mass is 16.2. The van der Waals surface area contributed by atoms with Gasteiger partial charge in [0.05, 0.1) is 5.56 Å². The van der Waals surface area contributed by atoms with E-state index in [1.807, 2.05) is 12.1 Å². The Labute approximate surface area is 120 Å². The van der Waals surface area contributed by atoms with Crippen LogP contribution in [-0.2, 0) is 0 Å². The largest absolute Gasteiger partial charge is 0.384 e. The molecule has 3 nitrogen and oxygen atoms in total. The van der Waals surface area contributed by atoms with Crippen LogP contribution in [0.2, 0.25) is 0 Å². The minimum Gasteiger partial charge on any atom is -0.384 e. The summed E-state index contributed by atoms with van der Waals surface area (Å²) in [5, 5.41) is 11.8. The summed E-state index contributed by atoms with van der Waals surface area (Å²) in [4.78, 5) is 12.3. The molecular weight excluding hydrogens is 250 g/mol. The molecule has 0 spiro atoms. The molecule has 1 amide bonds. The maximum atomic E-state index is 12.3. The van der Waals surface area contributed by atoms with E-state index in [-0.39, 0.29) is 12.5 Å². The predicted molar refractivity (Wildman–Crippen MR) is 79.2 cm³/mol. The van der Waals surface area contributed by atoms with Crippen LogP contribution in [0.25, 0.3) is 0 Å². The number of nitrogens with one attached hydrogen (secondary N) is 1. The van der Waals surface area contributed by atoms with Gasteiger partial charge < -0.3 is 10.4 Å². The van der Waals surface area contributed by atoms with Gasteiger partial charge in [-0.3, -0.25) is 4.79 Å². The van der Waals surface area contributed by atoms with E-state index in [1.165, 1.54) is 12.8 Å². The number of aliphatic hydroxyl groups excluding tert-OH is 1. The van der Waals surface area contributed by atoms with Crippen molar-refractivity contribution in [1.82, 2.24) is 5.32 Å².